The number of alkyl halides is 1. The molecule has 0 saturated carbocycles. The van der Waals surface area contributed by atoms with Crippen LogP contribution in [0.15, 0.2) is 59.1 Å². The van der Waals surface area contributed by atoms with Crippen LogP contribution in [-0.2, 0) is 15.2 Å². The third-order valence-corrected chi connectivity index (χ3v) is 4.40. The van der Waals surface area contributed by atoms with Gasteiger partial charge in [0.05, 0.1) is 0 Å². The van der Waals surface area contributed by atoms with Crippen LogP contribution in [0.4, 0.5) is 4.39 Å². The Morgan fingerprint density at radius 1 is 1.14 bits per heavy atom. The van der Waals surface area contributed by atoms with E-state index in [0.29, 0.717) is 12.0 Å². The summed E-state index contributed by atoms with van der Waals surface area (Å²) in [5.74, 6) is 0. The number of halogens is 2. The summed E-state index contributed by atoms with van der Waals surface area (Å²) in [5.41, 5.74) is 0.0808. The van der Waals surface area contributed by atoms with Crippen molar-refractivity contribution < 1.29 is 13.9 Å². The van der Waals surface area contributed by atoms with E-state index in [2.05, 4.69) is 15.9 Å². The Hall–Kier alpha value is -1.72. The highest BCUT2D eigenvalue weighted by Gasteiger charge is 2.48. The Morgan fingerprint density at radius 2 is 1.77 bits per heavy atom. The Kier molecular flexibility index (Phi) is 4.27. The Balaban J connectivity index is 1.75. The normalized spacial score (nSPS) is 18.3. The predicted octanol–water partition coefficient (Wildman–Crippen LogP) is 3.80. The van der Waals surface area contributed by atoms with Crippen molar-refractivity contribution >= 4 is 22.4 Å². The molecule has 0 spiro atoms. The van der Waals surface area contributed by atoms with E-state index in [9.17, 15) is 9.18 Å². The minimum Gasteiger partial charge on any atom is -0.444 e. The van der Waals surface area contributed by atoms with Crippen molar-refractivity contribution in [2.45, 2.75) is 11.9 Å². The minimum atomic E-state index is -1.40. The number of likely N-dealkylation sites (tertiary alicyclic amines) is 1. The van der Waals surface area contributed by atoms with Crippen LogP contribution >= 0.6 is 15.9 Å². The highest BCUT2D eigenvalue weighted by atomic mass is 79.9. The molecule has 1 saturated heterocycles. The van der Waals surface area contributed by atoms with E-state index in [0.717, 1.165) is 10.0 Å². The van der Waals surface area contributed by atoms with Crippen molar-refractivity contribution in [2.75, 3.05) is 13.1 Å². The van der Waals surface area contributed by atoms with Crippen LogP contribution in [0.25, 0.3) is 0 Å². The second kappa shape index (κ2) is 6.18. The molecule has 0 radical (unpaired) electrons. The van der Waals surface area contributed by atoms with Crippen LogP contribution in [0.3, 0.4) is 0 Å². The van der Waals surface area contributed by atoms with Gasteiger partial charge >= 0.3 is 0 Å². The van der Waals surface area contributed by atoms with Gasteiger partial charge in [0.2, 0.25) is 0 Å². The van der Waals surface area contributed by atoms with Crippen LogP contribution in [0.2, 0.25) is 0 Å². The summed E-state index contributed by atoms with van der Waals surface area (Å²) in [5, 5.41) is 0. The van der Waals surface area contributed by atoms with Gasteiger partial charge in [0, 0.05) is 23.1 Å². The van der Waals surface area contributed by atoms with Crippen LogP contribution in [-0.4, -0.2) is 24.5 Å². The predicted molar refractivity (Wildman–Crippen MR) is 84.8 cm³/mol. The fourth-order valence-electron chi connectivity index (χ4n) is 2.74. The number of ether oxygens (including phenoxy) is 1. The summed E-state index contributed by atoms with van der Waals surface area (Å²) in [6.07, 6.45) is -0.543. The first-order valence-corrected chi connectivity index (χ1v) is 7.75. The Morgan fingerprint density at radius 3 is 2.36 bits per heavy atom. The maximum Gasteiger partial charge on any atom is 0.294 e. The lowest BCUT2D eigenvalue weighted by atomic mass is 9.87. The summed E-state index contributed by atoms with van der Waals surface area (Å²) in [7, 11) is 0. The molecule has 1 unspecified atom stereocenters. The molecular formula is C17H15BrFNO2. The first kappa shape index (κ1) is 15.2. The molecule has 2 aromatic carbocycles. The summed E-state index contributed by atoms with van der Waals surface area (Å²) in [4.78, 5) is 12.6. The highest BCUT2D eigenvalue weighted by Crippen LogP contribution is 2.41. The maximum absolute atomic E-state index is 14.9. The molecule has 22 heavy (non-hydrogen) atoms. The van der Waals surface area contributed by atoms with Gasteiger partial charge in [-0.15, -0.1) is 0 Å². The minimum absolute atomic E-state index is 0.196. The molecule has 0 amide bonds. The standard InChI is InChI=1S/C17H15BrFNO2/c18-15-8-6-14(7-9-15)17(19)10-20(11-17)16(22-12-21)13-4-2-1-3-5-13/h1-9,12,16H,10-11H2. The molecule has 0 N–H and O–H groups in total. The molecular weight excluding hydrogens is 349 g/mol. The van der Waals surface area contributed by atoms with Gasteiger partial charge in [-0.2, -0.15) is 0 Å². The van der Waals surface area contributed by atoms with Gasteiger partial charge in [-0.3, -0.25) is 9.69 Å². The average Bonchev–Trinajstić information content (AvgIpc) is 2.51. The quantitative estimate of drug-likeness (QED) is 0.756. The van der Waals surface area contributed by atoms with Crippen molar-refractivity contribution in [3.8, 4) is 0 Å². The molecule has 3 nitrogen and oxygen atoms in total. The number of hydrogen-bond donors (Lipinski definition) is 0. The molecule has 1 heterocycles. The van der Waals surface area contributed by atoms with Crippen molar-refractivity contribution in [3.63, 3.8) is 0 Å². The largest absolute Gasteiger partial charge is 0.444 e. The number of rotatable bonds is 5. The molecule has 0 aliphatic carbocycles. The Bertz CT molecular complexity index is 641. The van der Waals surface area contributed by atoms with Gasteiger partial charge in [-0.05, 0) is 17.7 Å². The molecule has 3 rings (SSSR count). The fraction of sp³-hybridized carbons (Fsp3) is 0.235. The van der Waals surface area contributed by atoms with Crippen molar-refractivity contribution in [2.24, 2.45) is 0 Å². The molecule has 1 aliphatic heterocycles. The molecule has 0 aromatic heterocycles. The molecule has 1 atom stereocenters. The lowest BCUT2D eigenvalue weighted by Crippen LogP contribution is -2.58. The number of nitrogens with zero attached hydrogens (tertiary/aromatic N) is 1. The second-order valence-corrected chi connectivity index (χ2v) is 6.29. The van der Waals surface area contributed by atoms with Crippen molar-refractivity contribution in [1.29, 1.82) is 0 Å². The maximum atomic E-state index is 14.9. The van der Waals surface area contributed by atoms with E-state index < -0.39 is 11.9 Å². The van der Waals surface area contributed by atoms with Gasteiger partial charge in [-0.25, -0.2) is 4.39 Å². The number of benzene rings is 2. The van der Waals surface area contributed by atoms with Gasteiger partial charge in [0.15, 0.2) is 11.9 Å². The lowest BCUT2D eigenvalue weighted by molar-refractivity contribution is -0.167. The lowest BCUT2D eigenvalue weighted by Gasteiger charge is -2.47. The van der Waals surface area contributed by atoms with Gasteiger partial charge < -0.3 is 4.74 Å². The van der Waals surface area contributed by atoms with Gasteiger partial charge in [-0.1, -0.05) is 58.4 Å². The van der Waals surface area contributed by atoms with Gasteiger partial charge in [0.1, 0.15) is 0 Å². The van der Waals surface area contributed by atoms with E-state index in [1.54, 1.807) is 12.1 Å². The summed E-state index contributed by atoms with van der Waals surface area (Å²) < 4.78 is 21.0. The molecule has 1 aliphatic rings. The van der Waals surface area contributed by atoms with E-state index in [1.165, 1.54) is 0 Å². The zero-order chi connectivity index (χ0) is 15.6. The molecule has 114 valence electrons. The second-order valence-electron chi connectivity index (χ2n) is 5.37. The summed E-state index contributed by atoms with van der Waals surface area (Å²) >= 11 is 3.35. The first-order chi connectivity index (χ1) is 10.6. The Labute approximate surface area is 136 Å². The van der Waals surface area contributed by atoms with E-state index >= 15 is 0 Å². The third-order valence-electron chi connectivity index (χ3n) is 3.87. The summed E-state index contributed by atoms with van der Waals surface area (Å²) in [6, 6.07) is 16.6. The zero-order valence-corrected chi connectivity index (χ0v) is 13.4. The number of hydrogen-bond acceptors (Lipinski definition) is 3. The van der Waals surface area contributed by atoms with Crippen molar-refractivity contribution in [1.82, 2.24) is 4.90 Å². The molecule has 2 aromatic rings. The zero-order valence-electron chi connectivity index (χ0n) is 11.8. The van der Waals surface area contributed by atoms with Gasteiger partial charge in [0.25, 0.3) is 6.47 Å². The van der Waals surface area contributed by atoms with Crippen LogP contribution < -0.4 is 0 Å². The monoisotopic (exact) mass is 363 g/mol. The smallest absolute Gasteiger partial charge is 0.294 e. The van der Waals surface area contributed by atoms with E-state index in [4.69, 9.17) is 4.74 Å². The van der Waals surface area contributed by atoms with Crippen LogP contribution in [0.1, 0.15) is 17.4 Å². The average molecular weight is 364 g/mol. The summed E-state index contributed by atoms with van der Waals surface area (Å²) in [6.45, 7) is 0.805. The molecule has 5 heteroatoms. The fourth-order valence-corrected chi connectivity index (χ4v) is 3.00. The number of carbonyl (C=O) groups excluding carboxylic acids is 1. The topological polar surface area (TPSA) is 29.5 Å². The SMILES string of the molecule is O=COC(c1ccccc1)N1CC(F)(c2ccc(Br)cc2)C1. The molecule has 1 fully saturated rings. The van der Waals surface area contributed by atoms with Crippen LogP contribution in [0, 0.1) is 0 Å². The third kappa shape index (κ3) is 2.91. The number of carbonyl (C=O) groups is 1. The van der Waals surface area contributed by atoms with E-state index in [-0.39, 0.29) is 13.1 Å². The highest BCUT2D eigenvalue weighted by molar-refractivity contribution is 9.10. The first-order valence-electron chi connectivity index (χ1n) is 6.95. The van der Waals surface area contributed by atoms with Crippen molar-refractivity contribution in [3.05, 3.63) is 70.2 Å². The van der Waals surface area contributed by atoms with Crippen LogP contribution in [0.5, 0.6) is 0 Å². The van der Waals surface area contributed by atoms with E-state index in [1.807, 2.05) is 47.4 Å². The molecule has 0 bridgehead atoms.